The van der Waals surface area contributed by atoms with E-state index in [1.165, 1.54) is 3.57 Å². The first-order valence-electron chi connectivity index (χ1n) is 6.54. The van der Waals surface area contributed by atoms with Crippen molar-refractivity contribution < 1.29 is 0 Å². The number of rotatable bonds is 3. The van der Waals surface area contributed by atoms with Crippen LogP contribution in [0.2, 0.25) is 0 Å². The summed E-state index contributed by atoms with van der Waals surface area (Å²) in [6, 6.07) is 16.3. The largest absolute Gasteiger partial charge is 0.370 e. The van der Waals surface area contributed by atoms with Crippen LogP contribution in [0.1, 0.15) is 6.92 Å². The topological polar surface area (TPSA) is 37.8 Å². The lowest BCUT2D eigenvalue weighted by atomic mass is 10.2. The van der Waals surface area contributed by atoms with Gasteiger partial charge in [-0.25, -0.2) is 9.97 Å². The van der Waals surface area contributed by atoms with E-state index in [1.54, 1.807) is 0 Å². The Labute approximate surface area is 131 Å². The second kappa shape index (κ2) is 5.75. The number of para-hydroxylation sites is 1. The normalized spacial score (nSPS) is 10.7. The van der Waals surface area contributed by atoms with Crippen molar-refractivity contribution in [2.45, 2.75) is 6.92 Å². The first kappa shape index (κ1) is 13.3. The molecule has 0 spiro atoms. The van der Waals surface area contributed by atoms with Crippen LogP contribution in [0, 0.1) is 3.57 Å². The van der Waals surface area contributed by atoms with Gasteiger partial charge in [0.2, 0.25) is 0 Å². The van der Waals surface area contributed by atoms with Gasteiger partial charge in [0.15, 0.2) is 5.82 Å². The van der Waals surface area contributed by atoms with Gasteiger partial charge in [-0.05, 0) is 53.8 Å². The quantitative estimate of drug-likeness (QED) is 0.693. The van der Waals surface area contributed by atoms with Crippen LogP contribution < -0.4 is 5.32 Å². The summed E-state index contributed by atoms with van der Waals surface area (Å²) in [6.07, 6.45) is 0. The zero-order valence-corrected chi connectivity index (χ0v) is 13.3. The van der Waals surface area contributed by atoms with Crippen LogP contribution in [-0.4, -0.2) is 16.5 Å². The second-order valence-corrected chi connectivity index (χ2v) is 5.70. The zero-order valence-electron chi connectivity index (χ0n) is 11.1. The van der Waals surface area contributed by atoms with Gasteiger partial charge in [0.05, 0.1) is 5.52 Å². The molecule has 0 aliphatic carbocycles. The lowest BCUT2D eigenvalue weighted by molar-refractivity contribution is 1.14. The Kier molecular flexibility index (Phi) is 3.82. The fourth-order valence-corrected chi connectivity index (χ4v) is 2.47. The molecule has 0 aliphatic heterocycles. The number of benzene rings is 2. The van der Waals surface area contributed by atoms with Crippen LogP contribution >= 0.6 is 22.6 Å². The summed E-state index contributed by atoms with van der Waals surface area (Å²) >= 11 is 2.30. The molecule has 1 aromatic heterocycles. The number of fused-ring (bicyclic) bond motifs is 1. The second-order valence-electron chi connectivity index (χ2n) is 4.45. The lowest BCUT2D eigenvalue weighted by Crippen LogP contribution is -2.02. The molecule has 20 heavy (non-hydrogen) atoms. The molecule has 0 bridgehead atoms. The summed E-state index contributed by atoms with van der Waals surface area (Å²) in [5.41, 5.74) is 2.00. The minimum absolute atomic E-state index is 0.760. The predicted octanol–water partition coefficient (Wildman–Crippen LogP) is 4.33. The first-order valence-corrected chi connectivity index (χ1v) is 7.62. The number of halogens is 1. The van der Waals surface area contributed by atoms with Crippen LogP contribution in [-0.2, 0) is 0 Å². The number of nitrogens with zero attached hydrogens (tertiary/aromatic N) is 2. The van der Waals surface area contributed by atoms with Crippen LogP contribution in [0.3, 0.4) is 0 Å². The zero-order chi connectivity index (χ0) is 13.9. The van der Waals surface area contributed by atoms with Crippen molar-refractivity contribution in [3.05, 3.63) is 52.1 Å². The van der Waals surface area contributed by atoms with E-state index in [2.05, 4.69) is 69.1 Å². The minimum atomic E-state index is 0.760. The molecule has 1 heterocycles. The Balaban J connectivity index is 2.18. The third-order valence-electron chi connectivity index (χ3n) is 3.05. The van der Waals surface area contributed by atoms with E-state index in [0.717, 1.165) is 34.7 Å². The number of aromatic nitrogens is 2. The molecule has 3 nitrogen and oxygen atoms in total. The molecule has 4 heteroatoms. The summed E-state index contributed by atoms with van der Waals surface area (Å²) in [7, 11) is 0. The van der Waals surface area contributed by atoms with E-state index in [-0.39, 0.29) is 0 Å². The van der Waals surface area contributed by atoms with E-state index >= 15 is 0 Å². The maximum atomic E-state index is 4.67. The molecule has 1 N–H and O–H groups in total. The molecule has 0 fully saturated rings. The molecule has 0 atom stereocenters. The summed E-state index contributed by atoms with van der Waals surface area (Å²) in [5, 5.41) is 4.38. The summed E-state index contributed by atoms with van der Waals surface area (Å²) in [6.45, 7) is 2.91. The predicted molar refractivity (Wildman–Crippen MR) is 91.9 cm³/mol. The van der Waals surface area contributed by atoms with Crippen molar-refractivity contribution in [1.82, 2.24) is 9.97 Å². The summed E-state index contributed by atoms with van der Waals surface area (Å²) in [4.78, 5) is 9.33. The fraction of sp³-hybridized carbons (Fsp3) is 0.125. The molecule has 2 aromatic carbocycles. The van der Waals surface area contributed by atoms with Gasteiger partial charge in [0.1, 0.15) is 5.82 Å². The molecular weight excluding hydrogens is 361 g/mol. The third-order valence-corrected chi connectivity index (χ3v) is 3.77. The van der Waals surface area contributed by atoms with Crippen LogP contribution in [0.15, 0.2) is 48.5 Å². The molecular formula is C16H14IN3. The Bertz CT molecular complexity index is 738. The van der Waals surface area contributed by atoms with Gasteiger partial charge in [-0.1, -0.05) is 24.3 Å². The van der Waals surface area contributed by atoms with Gasteiger partial charge in [-0.15, -0.1) is 0 Å². The van der Waals surface area contributed by atoms with Gasteiger partial charge in [-0.2, -0.15) is 0 Å². The summed E-state index contributed by atoms with van der Waals surface area (Å²) in [5.74, 6) is 1.66. The van der Waals surface area contributed by atoms with Gasteiger partial charge < -0.3 is 5.32 Å². The molecule has 0 amide bonds. The molecule has 0 saturated carbocycles. The van der Waals surface area contributed by atoms with E-state index in [4.69, 9.17) is 0 Å². The van der Waals surface area contributed by atoms with Crippen molar-refractivity contribution in [2.75, 3.05) is 11.9 Å². The van der Waals surface area contributed by atoms with Crippen LogP contribution in [0.5, 0.6) is 0 Å². The van der Waals surface area contributed by atoms with Gasteiger partial charge in [0, 0.05) is 21.1 Å². The Morgan fingerprint density at radius 3 is 2.50 bits per heavy atom. The number of hydrogen-bond donors (Lipinski definition) is 1. The highest BCUT2D eigenvalue weighted by atomic mass is 127. The number of nitrogens with one attached hydrogen (secondary N) is 1. The van der Waals surface area contributed by atoms with E-state index in [1.807, 2.05) is 24.3 Å². The average Bonchev–Trinajstić information content (AvgIpc) is 2.48. The summed E-state index contributed by atoms with van der Waals surface area (Å²) < 4.78 is 1.21. The van der Waals surface area contributed by atoms with E-state index in [0.29, 0.717) is 0 Å². The molecule has 0 radical (unpaired) electrons. The van der Waals surface area contributed by atoms with Crippen LogP contribution in [0.25, 0.3) is 22.3 Å². The fourth-order valence-electron chi connectivity index (χ4n) is 2.11. The van der Waals surface area contributed by atoms with Gasteiger partial charge in [0.25, 0.3) is 0 Å². The molecule has 3 aromatic rings. The van der Waals surface area contributed by atoms with Gasteiger partial charge >= 0.3 is 0 Å². The minimum Gasteiger partial charge on any atom is -0.370 e. The Hall–Kier alpha value is -1.69. The van der Waals surface area contributed by atoms with Crippen molar-refractivity contribution in [3.63, 3.8) is 0 Å². The lowest BCUT2D eigenvalue weighted by Gasteiger charge is -2.09. The van der Waals surface area contributed by atoms with E-state index < -0.39 is 0 Å². The molecule has 0 aliphatic rings. The van der Waals surface area contributed by atoms with E-state index in [9.17, 15) is 0 Å². The van der Waals surface area contributed by atoms with Gasteiger partial charge in [-0.3, -0.25) is 0 Å². The monoisotopic (exact) mass is 375 g/mol. The standard InChI is InChI=1S/C16H14IN3/c1-2-18-16-13-5-3-4-6-14(13)19-15(20-16)11-7-9-12(17)10-8-11/h3-10H,2H2,1H3,(H,18,19,20). The van der Waals surface area contributed by atoms with Crippen molar-refractivity contribution in [2.24, 2.45) is 0 Å². The third kappa shape index (κ3) is 2.60. The molecule has 0 unspecified atom stereocenters. The molecule has 0 saturated heterocycles. The van der Waals surface area contributed by atoms with Crippen molar-refractivity contribution >= 4 is 39.3 Å². The highest BCUT2D eigenvalue weighted by Gasteiger charge is 2.08. The number of anilines is 1. The molecule has 100 valence electrons. The Morgan fingerprint density at radius 1 is 1.00 bits per heavy atom. The smallest absolute Gasteiger partial charge is 0.162 e. The van der Waals surface area contributed by atoms with Crippen molar-refractivity contribution in [1.29, 1.82) is 0 Å². The molecule has 3 rings (SSSR count). The first-order chi connectivity index (χ1) is 9.78. The highest BCUT2D eigenvalue weighted by molar-refractivity contribution is 14.1. The highest BCUT2D eigenvalue weighted by Crippen LogP contribution is 2.25. The maximum absolute atomic E-state index is 4.67. The maximum Gasteiger partial charge on any atom is 0.162 e. The van der Waals surface area contributed by atoms with Crippen molar-refractivity contribution in [3.8, 4) is 11.4 Å². The van der Waals surface area contributed by atoms with Crippen LogP contribution in [0.4, 0.5) is 5.82 Å². The Morgan fingerprint density at radius 2 is 1.75 bits per heavy atom. The number of hydrogen-bond acceptors (Lipinski definition) is 3. The SMILES string of the molecule is CCNc1nc(-c2ccc(I)cc2)nc2ccccc12. The average molecular weight is 375 g/mol.